The van der Waals surface area contributed by atoms with E-state index in [1.807, 2.05) is 6.92 Å². The van der Waals surface area contributed by atoms with E-state index in [2.05, 4.69) is 10.2 Å². The molecule has 2 heterocycles. The first-order valence-electron chi connectivity index (χ1n) is 6.34. The Morgan fingerprint density at radius 2 is 1.85 bits per heavy atom. The van der Waals surface area contributed by atoms with Crippen molar-refractivity contribution in [2.24, 2.45) is 0 Å². The van der Waals surface area contributed by atoms with Gasteiger partial charge < -0.3 is 5.10 Å². The van der Waals surface area contributed by atoms with Crippen LogP contribution >= 0.6 is 0 Å². The van der Waals surface area contributed by atoms with E-state index in [-0.39, 0.29) is 17.0 Å². The van der Waals surface area contributed by atoms with Crippen molar-refractivity contribution in [2.45, 2.75) is 24.8 Å². The molecule has 3 rings (SSSR count). The maximum atomic E-state index is 12.5. The molecule has 1 aromatic heterocycles. The van der Waals surface area contributed by atoms with Crippen LogP contribution in [-0.4, -0.2) is 29.5 Å². The van der Waals surface area contributed by atoms with Crippen LogP contribution in [0.3, 0.4) is 0 Å². The van der Waals surface area contributed by atoms with Gasteiger partial charge in [0.1, 0.15) is 0 Å². The summed E-state index contributed by atoms with van der Waals surface area (Å²) in [5.74, 6) is 0. The fourth-order valence-electron chi connectivity index (χ4n) is 2.36. The molecule has 0 aliphatic carbocycles. The number of aromatic amines is 2. The number of aromatic nitrogens is 2. The lowest BCUT2D eigenvalue weighted by Gasteiger charge is -2.25. The number of fused-ring (bicyclic) bond motifs is 1. The normalized spacial score (nSPS) is 16.1. The monoisotopic (exact) mass is 293 g/mol. The lowest BCUT2D eigenvalue weighted by molar-refractivity contribution is 0.389. The first-order valence-corrected chi connectivity index (χ1v) is 7.78. The summed E-state index contributed by atoms with van der Waals surface area (Å²) >= 11 is 0. The second-order valence-corrected chi connectivity index (χ2v) is 6.88. The van der Waals surface area contributed by atoms with Gasteiger partial charge >= 0.3 is 0 Å². The van der Waals surface area contributed by atoms with Gasteiger partial charge in [0.05, 0.1) is 10.5 Å². The van der Waals surface area contributed by atoms with E-state index in [9.17, 15) is 13.2 Å². The van der Waals surface area contributed by atoms with Crippen molar-refractivity contribution in [1.82, 2.24) is 14.5 Å². The maximum Gasteiger partial charge on any atom is 0.268 e. The molecule has 0 bridgehead atoms. The van der Waals surface area contributed by atoms with Crippen LogP contribution < -0.4 is 5.56 Å². The number of aryl methyl sites for hydroxylation is 1. The number of benzene rings is 1. The molecule has 106 valence electrons. The standard InChI is InChI=1S/C13H15N3O3S/c1-9-2-4-10(5-3-9)20(18,19)16-7-6-12-11(8-16)13(17)15-14-12/h2-5H,6-8H2,1H3,(H2,14,15,17). The molecule has 0 fully saturated rings. The number of hydrogen-bond donors (Lipinski definition) is 2. The lowest BCUT2D eigenvalue weighted by Crippen LogP contribution is -2.37. The highest BCUT2D eigenvalue weighted by molar-refractivity contribution is 7.89. The second kappa shape index (κ2) is 4.60. The van der Waals surface area contributed by atoms with Crippen molar-refractivity contribution in [3.63, 3.8) is 0 Å². The van der Waals surface area contributed by atoms with Gasteiger partial charge in [-0.1, -0.05) is 17.7 Å². The fourth-order valence-corrected chi connectivity index (χ4v) is 3.77. The molecule has 1 aliphatic rings. The summed E-state index contributed by atoms with van der Waals surface area (Å²) in [5, 5.41) is 5.28. The third-order valence-corrected chi connectivity index (χ3v) is 5.43. The maximum absolute atomic E-state index is 12.5. The van der Waals surface area contributed by atoms with E-state index in [4.69, 9.17) is 0 Å². The molecule has 7 heteroatoms. The summed E-state index contributed by atoms with van der Waals surface area (Å²) in [4.78, 5) is 11.9. The summed E-state index contributed by atoms with van der Waals surface area (Å²) < 4.78 is 26.4. The molecule has 1 aromatic carbocycles. The molecule has 0 saturated heterocycles. The lowest BCUT2D eigenvalue weighted by atomic mass is 10.1. The highest BCUT2D eigenvalue weighted by atomic mass is 32.2. The third kappa shape index (κ3) is 2.08. The first kappa shape index (κ1) is 13.1. The summed E-state index contributed by atoms with van der Waals surface area (Å²) in [5.41, 5.74) is 2.06. The van der Waals surface area contributed by atoms with Crippen LogP contribution in [0, 0.1) is 6.92 Å². The highest BCUT2D eigenvalue weighted by Crippen LogP contribution is 2.22. The zero-order chi connectivity index (χ0) is 14.3. The molecule has 2 aromatic rings. The largest absolute Gasteiger partial charge is 0.302 e. The minimum absolute atomic E-state index is 0.115. The van der Waals surface area contributed by atoms with Gasteiger partial charge in [0.2, 0.25) is 10.0 Å². The minimum Gasteiger partial charge on any atom is -0.302 e. The average molecular weight is 293 g/mol. The number of sulfonamides is 1. The molecule has 0 unspecified atom stereocenters. The van der Waals surface area contributed by atoms with Crippen LogP contribution in [-0.2, 0) is 23.0 Å². The van der Waals surface area contributed by atoms with E-state index in [1.165, 1.54) is 4.31 Å². The van der Waals surface area contributed by atoms with Crippen LogP contribution in [0.15, 0.2) is 34.0 Å². The van der Waals surface area contributed by atoms with Crippen molar-refractivity contribution < 1.29 is 8.42 Å². The fraction of sp³-hybridized carbons (Fsp3) is 0.308. The Labute approximate surface area is 116 Å². The molecule has 20 heavy (non-hydrogen) atoms. The van der Waals surface area contributed by atoms with Gasteiger partial charge in [-0.15, -0.1) is 0 Å². The van der Waals surface area contributed by atoms with Gasteiger partial charge in [-0.2, -0.15) is 4.31 Å². The van der Waals surface area contributed by atoms with Gasteiger partial charge in [0, 0.05) is 25.2 Å². The molecule has 0 atom stereocenters. The number of hydrogen-bond acceptors (Lipinski definition) is 3. The number of rotatable bonds is 2. The van der Waals surface area contributed by atoms with Crippen LogP contribution in [0.4, 0.5) is 0 Å². The molecular weight excluding hydrogens is 278 g/mol. The van der Waals surface area contributed by atoms with Gasteiger partial charge in [-0.25, -0.2) is 8.42 Å². The zero-order valence-electron chi connectivity index (χ0n) is 11.0. The first-order chi connectivity index (χ1) is 9.48. The predicted molar refractivity (Wildman–Crippen MR) is 73.9 cm³/mol. The van der Waals surface area contributed by atoms with Crippen LogP contribution in [0.1, 0.15) is 16.8 Å². The summed E-state index contributed by atoms with van der Waals surface area (Å²) in [6.45, 7) is 2.39. The number of H-pyrrole nitrogens is 2. The zero-order valence-corrected chi connectivity index (χ0v) is 11.8. The van der Waals surface area contributed by atoms with E-state index in [0.29, 0.717) is 18.5 Å². The van der Waals surface area contributed by atoms with Crippen LogP contribution in [0.2, 0.25) is 0 Å². The molecule has 0 spiro atoms. The highest BCUT2D eigenvalue weighted by Gasteiger charge is 2.30. The molecule has 0 amide bonds. The van der Waals surface area contributed by atoms with E-state index >= 15 is 0 Å². The Bertz CT molecular complexity index is 787. The molecule has 0 saturated carbocycles. The van der Waals surface area contributed by atoms with Crippen molar-refractivity contribution in [1.29, 1.82) is 0 Å². The van der Waals surface area contributed by atoms with Gasteiger partial charge in [-0.3, -0.25) is 9.89 Å². The minimum atomic E-state index is -3.55. The second-order valence-electron chi connectivity index (χ2n) is 4.94. The molecule has 0 radical (unpaired) electrons. The third-order valence-electron chi connectivity index (χ3n) is 3.57. The van der Waals surface area contributed by atoms with Gasteiger partial charge in [-0.05, 0) is 19.1 Å². The molecule has 1 aliphatic heterocycles. The van der Waals surface area contributed by atoms with Crippen molar-refractivity contribution in [3.05, 3.63) is 51.4 Å². The SMILES string of the molecule is Cc1ccc(S(=O)(=O)N2CCc3[nH][nH]c(=O)c3C2)cc1. The smallest absolute Gasteiger partial charge is 0.268 e. The molecule has 6 nitrogen and oxygen atoms in total. The predicted octanol–water partition coefficient (Wildman–Crippen LogP) is 0.758. The topological polar surface area (TPSA) is 86.0 Å². The van der Waals surface area contributed by atoms with Crippen LogP contribution in [0.25, 0.3) is 0 Å². The van der Waals surface area contributed by atoms with E-state index < -0.39 is 10.0 Å². The Morgan fingerprint density at radius 1 is 1.15 bits per heavy atom. The van der Waals surface area contributed by atoms with Gasteiger partial charge in [0.25, 0.3) is 5.56 Å². The van der Waals surface area contributed by atoms with Gasteiger partial charge in [0.15, 0.2) is 0 Å². The Morgan fingerprint density at radius 3 is 2.55 bits per heavy atom. The summed E-state index contributed by atoms with van der Waals surface area (Å²) in [6, 6.07) is 6.74. The Kier molecular flexibility index (Phi) is 3.02. The summed E-state index contributed by atoms with van der Waals surface area (Å²) in [7, 11) is -3.55. The Hall–Kier alpha value is -1.86. The van der Waals surface area contributed by atoms with Crippen molar-refractivity contribution in [3.8, 4) is 0 Å². The Balaban J connectivity index is 1.96. The van der Waals surface area contributed by atoms with Crippen molar-refractivity contribution >= 4 is 10.0 Å². The average Bonchev–Trinajstić information content (AvgIpc) is 2.80. The van der Waals surface area contributed by atoms with E-state index in [1.54, 1.807) is 24.3 Å². The molecule has 2 N–H and O–H groups in total. The summed E-state index contributed by atoms with van der Waals surface area (Å²) in [6.07, 6.45) is 0.513. The number of nitrogens with one attached hydrogen (secondary N) is 2. The number of nitrogens with zero attached hydrogens (tertiary/aromatic N) is 1. The quantitative estimate of drug-likeness (QED) is 0.857. The van der Waals surface area contributed by atoms with E-state index in [0.717, 1.165) is 11.3 Å². The van der Waals surface area contributed by atoms with Crippen molar-refractivity contribution in [2.75, 3.05) is 6.54 Å². The molecular formula is C13H15N3O3S. The van der Waals surface area contributed by atoms with Crippen LogP contribution in [0.5, 0.6) is 0 Å².